The highest BCUT2D eigenvalue weighted by Gasteiger charge is 2.12. The van der Waals surface area contributed by atoms with Crippen molar-refractivity contribution in [3.8, 4) is 5.75 Å². The first-order valence-corrected chi connectivity index (χ1v) is 7.27. The predicted molar refractivity (Wildman–Crippen MR) is 87.6 cm³/mol. The standard InChI is InChI=1S/C18H16N2O3/c1-12-7-8-16(13(2)9-12)23-18(22)11-20-15-6-4-3-5-14(15)19-10-17(20)21/h3-10H,11H2,1-2H3. The highest BCUT2D eigenvalue weighted by atomic mass is 16.5. The van der Waals surface area contributed by atoms with E-state index >= 15 is 0 Å². The van der Waals surface area contributed by atoms with Gasteiger partial charge in [0.2, 0.25) is 0 Å². The Labute approximate surface area is 133 Å². The molecule has 0 aliphatic rings. The number of aromatic nitrogens is 2. The van der Waals surface area contributed by atoms with Gasteiger partial charge in [-0.25, -0.2) is 9.78 Å². The van der Waals surface area contributed by atoms with Crippen LogP contribution in [0.25, 0.3) is 11.0 Å². The van der Waals surface area contributed by atoms with E-state index in [1.807, 2.05) is 32.0 Å². The molecule has 0 saturated carbocycles. The summed E-state index contributed by atoms with van der Waals surface area (Å²) in [5.41, 5.74) is 2.91. The number of fused-ring (bicyclic) bond motifs is 1. The molecule has 0 N–H and O–H groups in total. The van der Waals surface area contributed by atoms with E-state index in [0.29, 0.717) is 16.8 Å². The van der Waals surface area contributed by atoms with Gasteiger partial charge < -0.3 is 4.74 Å². The van der Waals surface area contributed by atoms with Gasteiger partial charge in [-0.2, -0.15) is 0 Å². The van der Waals surface area contributed by atoms with Crippen molar-refractivity contribution in [3.05, 3.63) is 70.1 Å². The lowest BCUT2D eigenvalue weighted by Crippen LogP contribution is -2.27. The number of aryl methyl sites for hydroxylation is 2. The van der Waals surface area contributed by atoms with Gasteiger partial charge in [-0.05, 0) is 37.6 Å². The minimum atomic E-state index is -0.490. The minimum absolute atomic E-state index is 0.158. The fourth-order valence-corrected chi connectivity index (χ4v) is 2.48. The molecule has 0 saturated heterocycles. The van der Waals surface area contributed by atoms with E-state index in [2.05, 4.69) is 4.98 Å². The van der Waals surface area contributed by atoms with Crippen molar-refractivity contribution in [3.63, 3.8) is 0 Å². The highest BCUT2D eigenvalue weighted by molar-refractivity contribution is 5.78. The number of nitrogens with zero attached hydrogens (tertiary/aromatic N) is 2. The summed E-state index contributed by atoms with van der Waals surface area (Å²) >= 11 is 0. The number of para-hydroxylation sites is 2. The average molecular weight is 308 g/mol. The van der Waals surface area contributed by atoms with Crippen LogP contribution in [0.2, 0.25) is 0 Å². The normalized spacial score (nSPS) is 10.7. The fourth-order valence-electron chi connectivity index (χ4n) is 2.48. The molecule has 0 aliphatic carbocycles. The van der Waals surface area contributed by atoms with Gasteiger partial charge in [0.25, 0.3) is 5.56 Å². The van der Waals surface area contributed by atoms with E-state index in [4.69, 9.17) is 4.74 Å². The van der Waals surface area contributed by atoms with Crippen molar-refractivity contribution in [2.45, 2.75) is 20.4 Å². The molecule has 0 atom stereocenters. The van der Waals surface area contributed by atoms with Gasteiger partial charge in [-0.15, -0.1) is 0 Å². The van der Waals surface area contributed by atoms with Crippen molar-refractivity contribution in [1.82, 2.24) is 9.55 Å². The lowest BCUT2D eigenvalue weighted by molar-refractivity contribution is -0.135. The van der Waals surface area contributed by atoms with Crippen LogP contribution in [0.3, 0.4) is 0 Å². The van der Waals surface area contributed by atoms with Crippen LogP contribution in [-0.2, 0) is 11.3 Å². The Morgan fingerprint density at radius 1 is 1.17 bits per heavy atom. The highest BCUT2D eigenvalue weighted by Crippen LogP contribution is 2.19. The van der Waals surface area contributed by atoms with Crippen molar-refractivity contribution < 1.29 is 9.53 Å². The molecular weight excluding hydrogens is 292 g/mol. The zero-order valence-corrected chi connectivity index (χ0v) is 12.9. The molecule has 3 aromatic rings. The lowest BCUT2D eigenvalue weighted by Gasteiger charge is -2.11. The van der Waals surface area contributed by atoms with Crippen LogP contribution in [-0.4, -0.2) is 15.5 Å². The van der Waals surface area contributed by atoms with E-state index in [0.717, 1.165) is 11.1 Å². The second kappa shape index (κ2) is 6.04. The van der Waals surface area contributed by atoms with Gasteiger partial charge in [0, 0.05) is 0 Å². The van der Waals surface area contributed by atoms with Crippen molar-refractivity contribution in [1.29, 1.82) is 0 Å². The van der Waals surface area contributed by atoms with Crippen LogP contribution < -0.4 is 10.3 Å². The number of hydrogen-bond acceptors (Lipinski definition) is 4. The third-order valence-corrected chi connectivity index (χ3v) is 3.59. The Morgan fingerprint density at radius 2 is 1.96 bits per heavy atom. The monoisotopic (exact) mass is 308 g/mol. The molecular formula is C18H16N2O3. The molecule has 0 spiro atoms. The molecule has 0 bridgehead atoms. The number of ether oxygens (including phenoxy) is 1. The zero-order valence-electron chi connectivity index (χ0n) is 12.9. The SMILES string of the molecule is Cc1ccc(OC(=O)Cn2c(=O)cnc3ccccc32)c(C)c1. The van der Waals surface area contributed by atoms with Gasteiger partial charge in [-0.1, -0.05) is 29.8 Å². The smallest absolute Gasteiger partial charge is 0.331 e. The van der Waals surface area contributed by atoms with Crippen molar-refractivity contribution in [2.75, 3.05) is 0 Å². The van der Waals surface area contributed by atoms with Gasteiger partial charge in [0.05, 0.1) is 17.2 Å². The Balaban J connectivity index is 1.89. The lowest BCUT2D eigenvalue weighted by atomic mass is 10.1. The summed E-state index contributed by atoms with van der Waals surface area (Å²) < 4.78 is 6.76. The largest absolute Gasteiger partial charge is 0.425 e. The third-order valence-electron chi connectivity index (χ3n) is 3.59. The van der Waals surface area contributed by atoms with Crippen LogP contribution in [0, 0.1) is 13.8 Å². The fraction of sp³-hybridized carbons (Fsp3) is 0.167. The summed E-state index contributed by atoms with van der Waals surface area (Å²) in [6.45, 7) is 3.69. The van der Waals surface area contributed by atoms with E-state index < -0.39 is 5.97 Å². The van der Waals surface area contributed by atoms with E-state index in [-0.39, 0.29) is 12.1 Å². The van der Waals surface area contributed by atoms with Crippen LogP contribution in [0.1, 0.15) is 11.1 Å². The molecule has 0 amide bonds. The Hall–Kier alpha value is -2.95. The van der Waals surface area contributed by atoms with Gasteiger partial charge in [-0.3, -0.25) is 9.36 Å². The summed E-state index contributed by atoms with van der Waals surface area (Å²) in [5.74, 6) is 0.0161. The van der Waals surface area contributed by atoms with E-state index in [1.54, 1.807) is 24.3 Å². The number of carbonyl (C=O) groups excluding carboxylic acids is 1. The van der Waals surface area contributed by atoms with Crippen LogP contribution in [0.4, 0.5) is 0 Å². The summed E-state index contributed by atoms with van der Waals surface area (Å²) in [4.78, 5) is 28.3. The molecule has 1 aromatic heterocycles. The number of benzene rings is 2. The molecule has 5 nitrogen and oxygen atoms in total. The zero-order chi connectivity index (χ0) is 16.4. The molecule has 0 fully saturated rings. The molecule has 3 rings (SSSR count). The van der Waals surface area contributed by atoms with Gasteiger partial charge >= 0.3 is 5.97 Å². The number of esters is 1. The molecule has 2 aromatic carbocycles. The van der Waals surface area contributed by atoms with Gasteiger partial charge in [0.1, 0.15) is 12.3 Å². The molecule has 23 heavy (non-hydrogen) atoms. The van der Waals surface area contributed by atoms with E-state index in [1.165, 1.54) is 10.8 Å². The summed E-state index contributed by atoms with van der Waals surface area (Å²) in [7, 11) is 0. The summed E-state index contributed by atoms with van der Waals surface area (Å²) in [6, 6.07) is 12.8. The minimum Gasteiger partial charge on any atom is -0.425 e. The second-order valence-corrected chi connectivity index (χ2v) is 5.41. The predicted octanol–water partition coefficient (Wildman–Crippen LogP) is 2.62. The summed E-state index contributed by atoms with van der Waals surface area (Å²) in [5, 5.41) is 0. The molecule has 1 heterocycles. The number of carbonyl (C=O) groups is 1. The first-order chi connectivity index (χ1) is 11.0. The van der Waals surface area contributed by atoms with Crippen molar-refractivity contribution in [2.24, 2.45) is 0 Å². The Kier molecular flexibility index (Phi) is 3.93. The topological polar surface area (TPSA) is 61.2 Å². The van der Waals surface area contributed by atoms with E-state index in [9.17, 15) is 9.59 Å². The first kappa shape index (κ1) is 15.0. The Morgan fingerprint density at radius 3 is 2.74 bits per heavy atom. The molecule has 0 aliphatic heterocycles. The van der Waals surface area contributed by atoms with Crippen molar-refractivity contribution >= 4 is 17.0 Å². The van der Waals surface area contributed by atoms with Crippen LogP contribution >= 0.6 is 0 Å². The first-order valence-electron chi connectivity index (χ1n) is 7.27. The van der Waals surface area contributed by atoms with Gasteiger partial charge in [0.15, 0.2) is 0 Å². The molecule has 5 heteroatoms. The molecule has 0 radical (unpaired) electrons. The molecule has 116 valence electrons. The third kappa shape index (κ3) is 3.13. The second-order valence-electron chi connectivity index (χ2n) is 5.41. The molecule has 0 unspecified atom stereocenters. The summed E-state index contributed by atoms with van der Waals surface area (Å²) in [6.07, 6.45) is 1.22. The maximum absolute atomic E-state index is 12.2. The quantitative estimate of drug-likeness (QED) is 0.551. The maximum Gasteiger partial charge on any atom is 0.331 e. The van der Waals surface area contributed by atoms with Crippen LogP contribution in [0.5, 0.6) is 5.75 Å². The average Bonchev–Trinajstić information content (AvgIpc) is 2.53. The van der Waals surface area contributed by atoms with Crippen LogP contribution in [0.15, 0.2) is 53.5 Å². The Bertz CT molecular complexity index is 944. The maximum atomic E-state index is 12.2. The number of rotatable bonds is 3. The number of hydrogen-bond donors (Lipinski definition) is 0.